The Morgan fingerprint density at radius 2 is 0.885 bits per heavy atom. The number of benzene rings is 3. The second-order valence-corrected chi connectivity index (χ2v) is 5.44. The number of allylic oxidation sites excluding steroid dienone is 4. The van der Waals surface area contributed by atoms with Crippen LogP contribution < -0.4 is 0 Å². The summed E-state index contributed by atoms with van der Waals surface area (Å²) >= 11 is 0. The first kappa shape index (κ1) is 16.5. The monoisotopic (exact) mass is 330 g/mol. The molecule has 0 amide bonds. The average Bonchev–Trinajstić information content (AvgIpc) is 2.69. The Morgan fingerprint density at radius 1 is 0.577 bits per heavy atom. The molecule has 0 fully saturated rings. The lowest BCUT2D eigenvalue weighted by molar-refractivity contribution is 1.51. The van der Waals surface area contributed by atoms with Gasteiger partial charge in [0.25, 0.3) is 0 Å². The summed E-state index contributed by atoms with van der Waals surface area (Å²) in [4.78, 5) is 0. The van der Waals surface area contributed by atoms with E-state index in [1.165, 1.54) is 12.2 Å². The Bertz CT molecular complexity index is 1110. The lowest BCUT2D eigenvalue weighted by Gasteiger charge is -2.15. The number of nitriles is 4. The molecule has 0 aliphatic carbocycles. The summed E-state index contributed by atoms with van der Waals surface area (Å²) in [7, 11) is 0. The van der Waals surface area contributed by atoms with E-state index >= 15 is 0 Å². The molecule has 3 aromatic rings. The zero-order chi connectivity index (χ0) is 18.5. The quantitative estimate of drug-likeness (QED) is 0.495. The maximum Gasteiger partial charge on any atom is 0.101 e. The molecule has 0 saturated heterocycles. The molecule has 0 aliphatic rings. The highest BCUT2D eigenvalue weighted by atomic mass is 14.3. The highest BCUT2D eigenvalue weighted by Gasteiger charge is 2.18. The third-order valence-corrected chi connectivity index (χ3v) is 4.13. The Kier molecular flexibility index (Phi) is 4.45. The van der Waals surface area contributed by atoms with Crippen LogP contribution in [-0.2, 0) is 0 Å². The summed E-state index contributed by atoms with van der Waals surface area (Å²) < 4.78 is 0. The topological polar surface area (TPSA) is 95.2 Å². The summed E-state index contributed by atoms with van der Waals surface area (Å²) in [6, 6.07) is 22.8. The molecular formula is C22H10N4. The average molecular weight is 330 g/mol. The van der Waals surface area contributed by atoms with Crippen molar-refractivity contribution in [1.82, 2.24) is 0 Å². The highest BCUT2D eigenvalue weighted by molar-refractivity contribution is 6.18. The number of fused-ring (bicyclic) bond motifs is 2. The van der Waals surface area contributed by atoms with E-state index < -0.39 is 0 Å². The van der Waals surface area contributed by atoms with Crippen molar-refractivity contribution in [2.75, 3.05) is 0 Å². The van der Waals surface area contributed by atoms with Gasteiger partial charge in [0.15, 0.2) is 0 Å². The van der Waals surface area contributed by atoms with Crippen LogP contribution in [0.1, 0.15) is 11.1 Å². The van der Waals surface area contributed by atoms with Gasteiger partial charge in [-0.2, -0.15) is 21.0 Å². The van der Waals surface area contributed by atoms with E-state index in [1.54, 1.807) is 0 Å². The van der Waals surface area contributed by atoms with Crippen LogP contribution in [0.25, 0.3) is 32.7 Å². The van der Waals surface area contributed by atoms with Gasteiger partial charge in [-0.3, -0.25) is 0 Å². The zero-order valence-corrected chi connectivity index (χ0v) is 13.6. The number of nitrogens with zero attached hydrogens (tertiary/aromatic N) is 4. The van der Waals surface area contributed by atoms with E-state index in [0.717, 1.165) is 21.5 Å². The molecule has 3 rings (SSSR count). The van der Waals surface area contributed by atoms with Crippen LogP contribution in [-0.4, -0.2) is 0 Å². The van der Waals surface area contributed by atoms with Crippen LogP contribution in [0, 0.1) is 45.3 Å². The predicted octanol–water partition coefficient (Wildman–Crippen LogP) is 4.85. The van der Waals surface area contributed by atoms with Crippen LogP contribution >= 0.6 is 0 Å². The molecule has 0 aliphatic heterocycles. The maximum atomic E-state index is 9.56. The van der Waals surface area contributed by atoms with Crippen molar-refractivity contribution in [1.29, 1.82) is 21.0 Å². The van der Waals surface area contributed by atoms with E-state index in [4.69, 9.17) is 10.5 Å². The van der Waals surface area contributed by atoms with Crippen molar-refractivity contribution in [2.24, 2.45) is 0 Å². The van der Waals surface area contributed by atoms with Gasteiger partial charge in [-0.1, -0.05) is 48.5 Å². The smallest absolute Gasteiger partial charge is 0.101 e. The van der Waals surface area contributed by atoms with Gasteiger partial charge in [0, 0.05) is 23.3 Å². The molecule has 0 atom stereocenters. The van der Waals surface area contributed by atoms with Gasteiger partial charge in [0.2, 0.25) is 0 Å². The third-order valence-electron chi connectivity index (χ3n) is 4.13. The Morgan fingerprint density at radius 3 is 1.12 bits per heavy atom. The molecule has 0 radical (unpaired) electrons. The summed E-state index contributed by atoms with van der Waals surface area (Å²) in [5, 5.41) is 40.3. The minimum Gasteiger partial charge on any atom is -0.193 e. The lowest BCUT2D eigenvalue weighted by Crippen LogP contribution is -1.94. The largest absolute Gasteiger partial charge is 0.193 e. The fourth-order valence-electron chi connectivity index (χ4n) is 3.16. The second-order valence-electron chi connectivity index (χ2n) is 5.44. The van der Waals surface area contributed by atoms with Crippen LogP contribution in [0.15, 0.2) is 60.7 Å². The minimum atomic E-state index is 0.259. The molecule has 0 bridgehead atoms. The SMILES string of the molecule is N#C/C=C(\C#N)c1c2ccccc2c(/C(C#N)=C/C#N)c2ccccc12. The fraction of sp³-hybridized carbons (Fsp3) is 0. The van der Waals surface area contributed by atoms with Crippen LogP contribution in [0.4, 0.5) is 0 Å². The van der Waals surface area contributed by atoms with Gasteiger partial charge in [0.05, 0.1) is 23.3 Å². The van der Waals surface area contributed by atoms with Gasteiger partial charge in [-0.05, 0) is 21.5 Å². The Labute approximate surface area is 150 Å². The molecule has 118 valence electrons. The molecule has 0 aromatic heterocycles. The molecule has 3 aromatic carbocycles. The fourth-order valence-corrected chi connectivity index (χ4v) is 3.16. The predicted molar refractivity (Wildman–Crippen MR) is 99.9 cm³/mol. The van der Waals surface area contributed by atoms with Crippen molar-refractivity contribution in [3.8, 4) is 24.3 Å². The number of hydrogen-bond donors (Lipinski definition) is 0. The number of hydrogen-bond acceptors (Lipinski definition) is 4. The summed E-state index contributed by atoms with van der Waals surface area (Å²) in [6.07, 6.45) is 2.45. The summed E-state index contributed by atoms with van der Waals surface area (Å²) in [6.45, 7) is 0. The zero-order valence-electron chi connectivity index (χ0n) is 13.6. The summed E-state index contributed by atoms with van der Waals surface area (Å²) in [5.74, 6) is 0. The highest BCUT2D eigenvalue weighted by Crippen LogP contribution is 2.39. The third kappa shape index (κ3) is 2.55. The van der Waals surface area contributed by atoms with Gasteiger partial charge in [-0.25, -0.2) is 0 Å². The van der Waals surface area contributed by atoms with Gasteiger partial charge in [-0.15, -0.1) is 0 Å². The molecule has 4 nitrogen and oxygen atoms in total. The summed E-state index contributed by atoms with van der Waals surface area (Å²) in [5.41, 5.74) is 1.82. The molecule has 0 saturated carbocycles. The van der Waals surface area contributed by atoms with Gasteiger partial charge >= 0.3 is 0 Å². The van der Waals surface area contributed by atoms with E-state index in [1.807, 2.05) is 60.7 Å². The van der Waals surface area contributed by atoms with E-state index in [0.29, 0.717) is 11.1 Å². The maximum absolute atomic E-state index is 9.56. The van der Waals surface area contributed by atoms with E-state index in [-0.39, 0.29) is 11.1 Å². The van der Waals surface area contributed by atoms with Crippen LogP contribution in [0.5, 0.6) is 0 Å². The first-order valence-corrected chi connectivity index (χ1v) is 7.70. The molecule has 0 N–H and O–H groups in total. The number of rotatable bonds is 2. The molecule has 26 heavy (non-hydrogen) atoms. The van der Waals surface area contributed by atoms with Crippen molar-refractivity contribution in [3.63, 3.8) is 0 Å². The van der Waals surface area contributed by atoms with Crippen molar-refractivity contribution >= 4 is 32.7 Å². The lowest BCUT2D eigenvalue weighted by atomic mass is 9.86. The molecule has 0 unspecified atom stereocenters. The molecule has 0 spiro atoms. The molecular weight excluding hydrogens is 320 g/mol. The normalized spacial score (nSPS) is 11.4. The minimum absolute atomic E-state index is 0.259. The van der Waals surface area contributed by atoms with E-state index in [2.05, 4.69) is 12.1 Å². The van der Waals surface area contributed by atoms with Crippen molar-refractivity contribution in [3.05, 3.63) is 71.8 Å². The Balaban J connectivity index is 2.67. The van der Waals surface area contributed by atoms with E-state index in [9.17, 15) is 10.5 Å². The first-order chi connectivity index (χ1) is 12.8. The molecule has 0 heterocycles. The molecule has 4 heteroatoms. The standard InChI is InChI=1S/C22H10N4/c23-11-9-15(13-25)21-17-5-1-2-6-18(17)22(16(14-26)10-12-24)20-8-4-3-7-19(20)21/h1-10H/b15-9+,16-10+. The van der Waals surface area contributed by atoms with Gasteiger partial charge in [0.1, 0.15) is 12.1 Å². The van der Waals surface area contributed by atoms with Crippen molar-refractivity contribution < 1.29 is 0 Å². The van der Waals surface area contributed by atoms with Crippen LogP contribution in [0.2, 0.25) is 0 Å². The van der Waals surface area contributed by atoms with Crippen molar-refractivity contribution in [2.45, 2.75) is 0 Å². The van der Waals surface area contributed by atoms with Crippen LogP contribution in [0.3, 0.4) is 0 Å². The first-order valence-electron chi connectivity index (χ1n) is 7.70. The van der Waals surface area contributed by atoms with Gasteiger partial charge < -0.3 is 0 Å². The Hall–Kier alpha value is -4.38. The second kappa shape index (κ2) is 7.02.